The Balaban J connectivity index is 2.98. The van der Waals surface area contributed by atoms with Crippen LogP contribution in [0.1, 0.15) is 48.8 Å². The van der Waals surface area contributed by atoms with E-state index in [-0.39, 0.29) is 11.9 Å². The van der Waals surface area contributed by atoms with E-state index in [4.69, 9.17) is 4.42 Å². The zero-order chi connectivity index (χ0) is 13.7. The summed E-state index contributed by atoms with van der Waals surface area (Å²) in [6.07, 6.45) is 1.89. The van der Waals surface area contributed by atoms with Gasteiger partial charge in [0.05, 0.1) is 5.69 Å². The fraction of sp³-hybridized carbons (Fsp3) is 0.692. The number of carbonyl (C=O) groups is 1. The lowest BCUT2D eigenvalue weighted by atomic mass is 10.1. The maximum absolute atomic E-state index is 12.5. The second-order valence-corrected chi connectivity index (χ2v) is 5.10. The minimum absolute atomic E-state index is 0.0544. The molecule has 102 valence electrons. The molecular weight excluding hydrogens is 296 g/mol. The number of amides is 1. The molecule has 4 nitrogen and oxygen atoms in total. The first-order valence-electron chi connectivity index (χ1n) is 6.36. The van der Waals surface area contributed by atoms with Crippen molar-refractivity contribution in [2.75, 3.05) is 11.9 Å². The van der Waals surface area contributed by atoms with Crippen LogP contribution in [-0.4, -0.2) is 33.7 Å². The number of rotatable bonds is 6. The lowest BCUT2D eigenvalue weighted by Crippen LogP contribution is -2.41. The quantitative estimate of drug-likeness (QED) is 0.756. The molecule has 0 N–H and O–H groups in total. The van der Waals surface area contributed by atoms with Crippen LogP contribution < -0.4 is 0 Å². The summed E-state index contributed by atoms with van der Waals surface area (Å²) < 4.78 is 5.42. The fourth-order valence-electron chi connectivity index (χ4n) is 2.13. The second-order valence-electron chi connectivity index (χ2n) is 4.31. The first kappa shape index (κ1) is 15.2. The van der Waals surface area contributed by atoms with E-state index in [0.29, 0.717) is 23.9 Å². The van der Waals surface area contributed by atoms with E-state index in [2.05, 4.69) is 34.8 Å². The van der Waals surface area contributed by atoms with Crippen LogP contribution in [0.3, 0.4) is 0 Å². The van der Waals surface area contributed by atoms with Crippen molar-refractivity contribution >= 4 is 21.8 Å². The first-order valence-corrected chi connectivity index (χ1v) is 7.48. The highest BCUT2D eigenvalue weighted by Crippen LogP contribution is 2.17. The normalized spacial score (nSPS) is 11.0. The summed E-state index contributed by atoms with van der Waals surface area (Å²) in [4.78, 5) is 18.5. The Morgan fingerprint density at radius 1 is 1.39 bits per heavy atom. The van der Waals surface area contributed by atoms with Gasteiger partial charge in [0.1, 0.15) is 0 Å². The molecule has 0 spiro atoms. The third-order valence-electron chi connectivity index (χ3n) is 3.07. The van der Waals surface area contributed by atoms with Crippen LogP contribution >= 0.6 is 15.9 Å². The van der Waals surface area contributed by atoms with Crippen LogP contribution in [-0.2, 0) is 0 Å². The summed E-state index contributed by atoms with van der Waals surface area (Å²) in [6.45, 7) is 8.45. The lowest BCUT2D eigenvalue weighted by molar-refractivity contribution is 0.0648. The maximum atomic E-state index is 12.5. The van der Waals surface area contributed by atoms with Crippen molar-refractivity contribution in [1.82, 2.24) is 9.88 Å². The van der Waals surface area contributed by atoms with Crippen molar-refractivity contribution in [1.29, 1.82) is 0 Å². The highest BCUT2D eigenvalue weighted by molar-refractivity contribution is 9.09. The molecule has 1 rings (SSSR count). The number of hydrogen-bond acceptors (Lipinski definition) is 3. The standard InChI is InChI=1S/C13H21BrN2O2/c1-5-11(6-2)16(8-7-14)13(17)12-9(3)15-10(4)18-12/h11H,5-8H2,1-4H3. The Hall–Kier alpha value is -0.840. The summed E-state index contributed by atoms with van der Waals surface area (Å²) in [5, 5.41) is 0.765. The Kier molecular flexibility index (Phi) is 5.85. The van der Waals surface area contributed by atoms with Crippen LogP contribution in [0, 0.1) is 13.8 Å². The minimum atomic E-state index is -0.0544. The molecule has 1 aromatic rings. The van der Waals surface area contributed by atoms with Gasteiger partial charge in [-0.05, 0) is 19.8 Å². The lowest BCUT2D eigenvalue weighted by Gasteiger charge is -2.29. The van der Waals surface area contributed by atoms with E-state index in [9.17, 15) is 4.79 Å². The van der Waals surface area contributed by atoms with Gasteiger partial charge in [-0.2, -0.15) is 0 Å². The van der Waals surface area contributed by atoms with Crippen LogP contribution in [0.4, 0.5) is 0 Å². The number of hydrogen-bond donors (Lipinski definition) is 0. The van der Waals surface area contributed by atoms with E-state index in [1.807, 2.05) is 11.8 Å². The number of oxazole rings is 1. The smallest absolute Gasteiger partial charge is 0.291 e. The first-order chi connectivity index (χ1) is 8.54. The van der Waals surface area contributed by atoms with Gasteiger partial charge in [0, 0.05) is 24.8 Å². The molecular formula is C13H21BrN2O2. The average molecular weight is 317 g/mol. The van der Waals surface area contributed by atoms with Gasteiger partial charge >= 0.3 is 0 Å². The van der Waals surface area contributed by atoms with E-state index >= 15 is 0 Å². The molecule has 0 fully saturated rings. The summed E-state index contributed by atoms with van der Waals surface area (Å²) in [6, 6.07) is 0.250. The van der Waals surface area contributed by atoms with E-state index in [1.165, 1.54) is 0 Å². The average Bonchev–Trinajstić information content (AvgIpc) is 2.68. The summed E-state index contributed by atoms with van der Waals surface area (Å²) >= 11 is 3.40. The molecule has 1 heterocycles. The predicted molar refractivity (Wildman–Crippen MR) is 75.2 cm³/mol. The number of carbonyl (C=O) groups excluding carboxylic acids is 1. The van der Waals surface area contributed by atoms with Gasteiger partial charge in [0.25, 0.3) is 5.91 Å². The van der Waals surface area contributed by atoms with Crippen molar-refractivity contribution in [2.45, 2.75) is 46.6 Å². The molecule has 0 saturated carbocycles. The van der Waals surface area contributed by atoms with Gasteiger partial charge < -0.3 is 9.32 Å². The van der Waals surface area contributed by atoms with Gasteiger partial charge in [-0.1, -0.05) is 29.8 Å². The molecule has 1 amide bonds. The van der Waals surface area contributed by atoms with Gasteiger partial charge in [0.2, 0.25) is 5.76 Å². The van der Waals surface area contributed by atoms with Gasteiger partial charge in [-0.25, -0.2) is 4.98 Å². The van der Waals surface area contributed by atoms with E-state index < -0.39 is 0 Å². The molecule has 0 unspecified atom stereocenters. The minimum Gasteiger partial charge on any atom is -0.436 e. The Morgan fingerprint density at radius 2 is 2.00 bits per heavy atom. The fourth-order valence-corrected chi connectivity index (χ4v) is 2.51. The molecule has 1 aromatic heterocycles. The molecule has 0 aliphatic rings. The predicted octanol–water partition coefficient (Wildman–Crippen LogP) is 3.32. The summed E-state index contributed by atoms with van der Waals surface area (Å²) in [5.41, 5.74) is 0.669. The van der Waals surface area contributed by atoms with Crippen LogP contribution in [0.15, 0.2) is 4.42 Å². The zero-order valence-corrected chi connectivity index (χ0v) is 13.1. The van der Waals surface area contributed by atoms with Crippen molar-refractivity contribution in [3.05, 3.63) is 17.3 Å². The largest absolute Gasteiger partial charge is 0.436 e. The summed E-state index contributed by atoms with van der Waals surface area (Å²) in [7, 11) is 0. The molecule has 0 bridgehead atoms. The van der Waals surface area contributed by atoms with Crippen molar-refractivity contribution in [3.63, 3.8) is 0 Å². The molecule has 18 heavy (non-hydrogen) atoms. The van der Waals surface area contributed by atoms with Crippen LogP contribution in [0.5, 0.6) is 0 Å². The number of aryl methyl sites for hydroxylation is 2. The highest BCUT2D eigenvalue weighted by Gasteiger charge is 2.26. The molecule has 0 aliphatic heterocycles. The Bertz CT molecular complexity index is 400. The number of halogens is 1. The molecule has 0 atom stereocenters. The van der Waals surface area contributed by atoms with E-state index in [0.717, 1.165) is 18.2 Å². The topological polar surface area (TPSA) is 46.3 Å². The van der Waals surface area contributed by atoms with Crippen molar-refractivity contribution < 1.29 is 9.21 Å². The number of aromatic nitrogens is 1. The van der Waals surface area contributed by atoms with Gasteiger partial charge in [-0.3, -0.25) is 4.79 Å². The van der Waals surface area contributed by atoms with Crippen molar-refractivity contribution in [3.8, 4) is 0 Å². The van der Waals surface area contributed by atoms with E-state index in [1.54, 1.807) is 6.92 Å². The van der Waals surface area contributed by atoms with Gasteiger partial charge in [-0.15, -0.1) is 0 Å². The molecule has 0 aliphatic carbocycles. The summed E-state index contributed by atoms with van der Waals surface area (Å²) in [5.74, 6) is 0.862. The Labute approximate surface area is 117 Å². The van der Waals surface area contributed by atoms with Crippen molar-refractivity contribution in [2.24, 2.45) is 0 Å². The molecule has 0 aromatic carbocycles. The third-order valence-corrected chi connectivity index (χ3v) is 3.42. The number of alkyl halides is 1. The monoisotopic (exact) mass is 316 g/mol. The number of nitrogens with zero attached hydrogens (tertiary/aromatic N) is 2. The van der Waals surface area contributed by atoms with Crippen LogP contribution in [0.25, 0.3) is 0 Å². The second kappa shape index (κ2) is 6.92. The third kappa shape index (κ3) is 3.34. The SMILES string of the molecule is CCC(CC)N(CCBr)C(=O)c1oc(C)nc1C. The van der Waals surface area contributed by atoms with Gasteiger partial charge in [0.15, 0.2) is 5.89 Å². The Morgan fingerprint density at radius 3 is 2.39 bits per heavy atom. The molecule has 5 heteroatoms. The highest BCUT2D eigenvalue weighted by atomic mass is 79.9. The maximum Gasteiger partial charge on any atom is 0.291 e. The zero-order valence-electron chi connectivity index (χ0n) is 11.5. The molecule has 0 saturated heterocycles. The molecule has 0 radical (unpaired) electrons. The van der Waals surface area contributed by atoms with Crippen LogP contribution in [0.2, 0.25) is 0 Å².